The van der Waals surface area contributed by atoms with Crippen LogP contribution in [0.15, 0.2) is 42.5 Å². The van der Waals surface area contributed by atoms with Gasteiger partial charge in [-0.15, -0.1) is 0 Å². The minimum absolute atomic E-state index is 0.125. The summed E-state index contributed by atoms with van der Waals surface area (Å²) in [5, 5.41) is 12.6. The molecule has 27 heavy (non-hydrogen) atoms. The van der Waals surface area contributed by atoms with Crippen LogP contribution in [0.4, 0.5) is 0 Å². The zero-order chi connectivity index (χ0) is 19.2. The monoisotopic (exact) mass is 367 g/mol. The number of pyridine rings is 1. The number of carbonyl (C=O) groups excluding carboxylic acids is 2. The van der Waals surface area contributed by atoms with E-state index in [1.165, 1.54) is 0 Å². The van der Waals surface area contributed by atoms with Gasteiger partial charge in [0.05, 0.1) is 17.5 Å². The van der Waals surface area contributed by atoms with Crippen molar-refractivity contribution in [1.29, 1.82) is 0 Å². The Morgan fingerprint density at radius 1 is 1.26 bits per heavy atom. The summed E-state index contributed by atoms with van der Waals surface area (Å²) in [6.07, 6.45) is 1.72. The van der Waals surface area contributed by atoms with Gasteiger partial charge >= 0.3 is 0 Å². The Balaban J connectivity index is 1.52. The second-order valence-electron chi connectivity index (χ2n) is 6.79. The number of benzene rings is 1. The summed E-state index contributed by atoms with van der Waals surface area (Å²) < 4.78 is 0. The molecule has 1 aliphatic rings. The van der Waals surface area contributed by atoms with Gasteiger partial charge in [-0.25, -0.2) is 0 Å². The molecule has 6 nitrogen and oxygen atoms in total. The SMILES string of the molecule is C[C@H](O)c1cccc(-c2ccc(C(=O)NCCCN3CCCC3=O)cc2)n1. The van der Waals surface area contributed by atoms with Gasteiger partial charge in [0.1, 0.15) is 0 Å². The minimum atomic E-state index is -0.620. The highest BCUT2D eigenvalue weighted by Gasteiger charge is 2.19. The molecule has 1 atom stereocenters. The predicted octanol–water partition coefficient (Wildman–Crippen LogP) is 2.54. The molecule has 2 N–H and O–H groups in total. The van der Waals surface area contributed by atoms with Crippen molar-refractivity contribution in [2.24, 2.45) is 0 Å². The molecule has 0 unspecified atom stereocenters. The van der Waals surface area contributed by atoms with Gasteiger partial charge in [-0.2, -0.15) is 0 Å². The first-order valence-corrected chi connectivity index (χ1v) is 9.36. The first-order valence-electron chi connectivity index (χ1n) is 9.36. The lowest BCUT2D eigenvalue weighted by molar-refractivity contribution is -0.127. The molecule has 2 aromatic rings. The Morgan fingerprint density at radius 3 is 2.70 bits per heavy atom. The van der Waals surface area contributed by atoms with Crippen LogP contribution in [-0.2, 0) is 4.79 Å². The van der Waals surface area contributed by atoms with E-state index in [-0.39, 0.29) is 11.8 Å². The van der Waals surface area contributed by atoms with Gasteiger partial charge in [0.15, 0.2) is 0 Å². The average Bonchev–Trinajstić information content (AvgIpc) is 3.10. The molecule has 142 valence electrons. The van der Waals surface area contributed by atoms with Crippen LogP contribution in [0.2, 0.25) is 0 Å². The van der Waals surface area contributed by atoms with Crippen LogP contribution in [0, 0.1) is 0 Å². The molecule has 2 heterocycles. The molecule has 0 saturated carbocycles. The minimum Gasteiger partial charge on any atom is -0.387 e. The van der Waals surface area contributed by atoms with Crippen molar-refractivity contribution >= 4 is 11.8 Å². The van der Waals surface area contributed by atoms with Gasteiger partial charge in [0.25, 0.3) is 5.91 Å². The second kappa shape index (κ2) is 8.77. The van der Waals surface area contributed by atoms with Gasteiger partial charge in [0, 0.05) is 37.2 Å². The Labute approximate surface area is 159 Å². The first-order chi connectivity index (χ1) is 13.0. The number of hydrogen-bond donors (Lipinski definition) is 2. The standard InChI is InChI=1S/C21H25N3O3/c1-15(25)18-5-2-6-19(23-18)16-8-10-17(11-9-16)21(27)22-12-4-14-24-13-3-7-20(24)26/h2,5-6,8-11,15,25H,3-4,7,12-14H2,1H3,(H,22,27)/t15-/m0/s1. The summed E-state index contributed by atoms with van der Waals surface area (Å²) in [6.45, 7) is 3.75. The van der Waals surface area contributed by atoms with E-state index >= 15 is 0 Å². The molecular formula is C21H25N3O3. The Hall–Kier alpha value is -2.73. The summed E-state index contributed by atoms with van der Waals surface area (Å²) in [5.41, 5.74) is 2.85. The maximum atomic E-state index is 12.3. The average molecular weight is 367 g/mol. The highest BCUT2D eigenvalue weighted by Crippen LogP contribution is 2.20. The van der Waals surface area contributed by atoms with Gasteiger partial charge in [-0.3, -0.25) is 14.6 Å². The molecule has 0 radical (unpaired) electrons. The van der Waals surface area contributed by atoms with E-state index in [2.05, 4.69) is 10.3 Å². The number of amides is 2. The molecule has 3 rings (SSSR count). The van der Waals surface area contributed by atoms with E-state index in [9.17, 15) is 14.7 Å². The summed E-state index contributed by atoms with van der Waals surface area (Å²) in [6, 6.07) is 12.8. The number of carbonyl (C=O) groups is 2. The number of hydrogen-bond acceptors (Lipinski definition) is 4. The number of aliphatic hydroxyl groups excluding tert-OH is 1. The van der Waals surface area contributed by atoms with Crippen molar-refractivity contribution < 1.29 is 14.7 Å². The number of aliphatic hydroxyl groups is 1. The summed E-state index contributed by atoms with van der Waals surface area (Å²) in [7, 11) is 0. The van der Waals surface area contributed by atoms with Crippen LogP contribution in [-0.4, -0.2) is 46.4 Å². The number of nitrogens with zero attached hydrogens (tertiary/aromatic N) is 2. The zero-order valence-electron chi connectivity index (χ0n) is 15.5. The molecule has 1 aromatic heterocycles. The van der Waals surface area contributed by atoms with Crippen LogP contribution in [0.1, 0.15) is 48.3 Å². The van der Waals surface area contributed by atoms with Crippen molar-refractivity contribution in [3.05, 3.63) is 53.7 Å². The van der Waals surface area contributed by atoms with Crippen molar-refractivity contribution in [3.63, 3.8) is 0 Å². The normalized spacial score (nSPS) is 15.0. The lowest BCUT2D eigenvalue weighted by Gasteiger charge is -2.15. The molecule has 1 fully saturated rings. The molecule has 0 spiro atoms. The van der Waals surface area contributed by atoms with Crippen LogP contribution in [0.25, 0.3) is 11.3 Å². The smallest absolute Gasteiger partial charge is 0.251 e. The Bertz CT molecular complexity index is 803. The third-order valence-electron chi connectivity index (χ3n) is 4.70. The van der Waals surface area contributed by atoms with Crippen molar-refractivity contribution in [2.75, 3.05) is 19.6 Å². The first kappa shape index (κ1) is 19.0. The van der Waals surface area contributed by atoms with E-state index < -0.39 is 6.10 Å². The largest absolute Gasteiger partial charge is 0.387 e. The van der Waals surface area contributed by atoms with E-state index in [4.69, 9.17) is 0 Å². The fourth-order valence-corrected chi connectivity index (χ4v) is 3.15. The highest BCUT2D eigenvalue weighted by atomic mass is 16.3. The third kappa shape index (κ3) is 4.92. The molecule has 1 saturated heterocycles. The Kier molecular flexibility index (Phi) is 6.19. The number of rotatable bonds is 7. The topological polar surface area (TPSA) is 82.5 Å². The summed E-state index contributed by atoms with van der Waals surface area (Å²) >= 11 is 0. The fourth-order valence-electron chi connectivity index (χ4n) is 3.15. The second-order valence-corrected chi connectivity index (χ2v) is 6.79. The van der Waals surface area contributed by atoms with Gasteiger partial charge < -0.3 is 15.3 Å². The molecule has 1 aliphatic heterocycles. The maximum Gasteiger partial charge on any atom is 0.251 e. The molecule has 0 aliphatic carbocycles. The van der Waals surface area contributed by atoms with E-state index in [1.807, 2.05) is 29.2 Å². The molecule has 0 bridgehead atoms. The zero-order valence-corrected chi connectivity index (χ0v) is 15.5. The van der Waals surface area contributed by atoms with Crippen molar-refractivity contribution in [1.82, 2.24) is 15.2 Å². The Morgan fingerprint density at radius 2 is 2.04 bits per heavy atom. The van der Waals surface area contributed by atoms with E-state index in [0.29, 0.717) is 30.8 Å². The molecule has 6 heteroatoms. The molecular weight excluding hydrogens is 342 g/mol. The fraction of sp³-hybridized carbons (Fsp3) is 0.381. The molecule has 2 amide bonds. The van der Waals surface area contributed by atoms with Crippen molar-refractivity contribution in [3.8, 4) is 11.3 Å². The van der Waals surface area contributed by atoms with E-state index in [1.54, 1.807) is 25.1 Å². The maximum absolute atomic E-state index is 12.3. The number of likely N-dealkylation sites (tertiary alicyclic amines) is 1. The lowest BCUT2D eigenvalue weighted by atomic mass is 10.1. The summed E-state index contributed by atoms with van der Waals surface area (Å²) in [4.78, 5) is 30.1. The predicted molar refractivity (Wildman–Crippen MR) is 103 cm³/mol. The number of aromatic nitrogens is 1. The lowest BCUT2D eigenvalue weighted by Crippen LogP contribution is -2.30. The van der Waals surface area contributed by atoms with Gasteiger partial charge in [-0.05, 0) is 44.0 Å². The van der Waals surface area contributed by atoms with Gasteiger partial charge in [-0.1, -0.05) is 18.2 Å². The van der Waals surface area contributed by atoms with Crippen LogP contribution < -0.4 is 5.32 Å². The third-order valence-corrected chi connectivity index (χ3v) is 4.70. The van der Waals surface area contributed by atoms with Crippen LogP contribution >= 0.6 is 0 Å². The van der Waals surface area contributed by atoms with Crippen molar-refractivity contribution in [2.45, 2.75) is 32.3 Å². The van der Waals surface area contributed by atoms with E-state index in [0.717, 1.165) is 30.6 Å². The number of nitrogens with one attached hydrogen (secondary N) is 1. The highest BCUT2D eigenvalue weighted by molar-refractivity contribution is 5.94. The van der Waals surface area contributed by atoms with Gasteiger partial charge in [0.2, 0.25) is 5.91 Å². The summed E-state index contributed by atoms with van der Waals surface area (Å²) in [5.74, 6) is 0.0881. The molecule has 1 aromatic carbocycles. The van der Waals surface area contributed by atoms with Crippen LogP contribution in [0.5, 0.6) is 0 Å². The van der Waals surface area contributed by atoms with Crippen LogP contribution in [0.3, 0.4) is 0 Å². The quantitative estimate of drug-likeness (QED) is 0.737.